The van der Waals surface area contributed by atoms with Gasteiger partial charge in [-0.3, -0.25) is 4.79 Å². The molecule has 0 aromatic heterocycles. The third-order valence-corrected chi connectivity index (χ3v) is 3.56. The van der Waals surface area contributed by atoms with Crippen LogP contribution in [0.5, 0.6) is 0 Å². The highest BCUT2D eigenvalue weighted by atomic mass is 16.2. The highest BCUT2D eigenvalue weighted by Gasteiger charge is 2.11. The molecule has 0 bridgehead atoms. The van der Waals surface area contributed by atoms with E-state index >= 15 is 0 Å². The highest BCUT2D eigenvalue weighted by Crippen LogP contribution is 2.07. The maximum absolute atomic E-state index is 10.7. The van der Waals surface area contributed by atoms with E-state index in [1.807, 2.05) is 4.90 Å². The van der Waals surface area contributed by atoms with Gasteiger partial charge in [0.15, 0.2) is 0 Å². The van der Waals surface area contributed by atoms with Crippen LogP contribution in [0.25, 0.3) is 0 Å². The third-order valence-electron chi connectivity index (χ3n) is 3.56. The molecule has 2 rings (SSSR count). The lowest BCUT2D eigenvalue weighted by Crippen LogP contribution is -2.37. The SMILES string of the molecule is CC(=O)N1CCCCC1.CN1CCC(N)CC1. The van der Waals surface area contributed by atoms with Crippen molar-refractivity contribution in [2.24, 2.45) is 5.73 Å². The summed E-state index contributed by atoms with van der Waals surface area (Å²) in [5, 5.41) is 0. The summed E-state index contributed by atoms with van der Waals surface area (Å²) < 4.78 is 0. The Hall–Kier alpha value is -0.610. The van der Waals surface area contributed by atoms with Gasteiger partial charge in [0.2, 0.25) is 5.91 Å². The van der Waals surface area contributed by atoms with Crippen molar-refractivity contribution in [1.82, 2.24) is 9.80 Å². The molecular formula is C13H27N3O. The lowest BCUT2D eigenvalue weighted by molar-refractivity contribution is -0.129. The first-order chi connectivity index (χ1) is 8.09. The van der Waals surface area contributed by atoms with Gasteiger partial charge in [-0.1, -0.05) is 0 Å². The second kappa shape index (κ2) is 7.67. The van der Waals surface area contributed by atoms with E-state index in [1.165, 1.54) is 45.2 Å². The molecule has 2 saturated heterocycles. The Morgan fingerprint density at radius 1 is 1.06 bits per heavy atom. The Labute approximate surface area is 105 Å². The number of rotatable bonds is 0. The van der Waals surface area contributed by atoms with Crippen LogP contribution in [0.3, 0.4) is 0 Å². The van der Waals surface area contributed by atoms with E-state index in [9.17, 15) is 4.79 Å². The molecule has 0 aliphatic carbocycles. The molecule has 1 amide bonds. The van der Waals surface area contributed by atoms with Gasteiger partial charge in [0.05, 0.1) is 0 Å². The van der Waals surface area contributed by atoms with Gasteiger partial charge in [-0.25, -0.2) is 0 Å². The minimum absolute atomic E-state index is 0.231. The first kappa shape index (κ1) is 14.5. The van der Waals surface area contributed by atoms with Crippen molar-refractivity contribution in [3.63, 3.8) is 0 Å². The van der Waals surface area contributed by atoms with Crippen LogP contribution in [-0.4, -0.2) is 55.0 Å². The van der Waals surface area contributed by atoms with E-state index in [-0.39, 0.29) is 5.91 Å². The van der Waals surface area contributed by atoms with Crippen LogP contribution in [0.2, 0.25) is 0 Å². The molecular weight excluding hydrogens is 214 g/mol. The molecule has 100 valence electrons. The topological polar surface area (TPSA) is 49.6 Å². The van der Waals surface area contributed by atoms with Crippen LogP contribution >= 0.6 is 0 Å². The molecule has 0 aromatic carbocycles. The molecule has 0 saturated carbocycles. The maximum Gasteiger partial charge on any atom is 0.219 e. The van der Waals surface area contributed by atoms with Gasteiger partial charge < -0.3 is 15.5 Å². The lowest BCUT2D eigenvalue weighted by atomic mass is 10.1. The summed E-state index contributed by atoms with van der Waals surface area (Å²) in [6.45, 7) is 5.97. The standard InChI is InChI=1S/C7H13NO.C6H14N2/c1-7(9)8-5-3-2-4-6-8;1-8-4-2-6(7)3-5-8/h2-6H2,1H3;6H,2-5,7H2,1H3. The molecule has 0 radical (unpaired) electrons. The van der Waals surface area contributed by atoms with Gasteiger partial charge in [0.1, 0.15) is 0 Å². The molecule has 4 heteroatoms. The van der Waals surface area contributed by atoms with Crippen molar-refractivity contribution < 1.29 is 4.79 Å². The summed E-state index contributed by atoms with van der Waals surface area (Å²) >= 11 is 0. The first-order valence-corrected chi connectivity index (χ1v) is 6.79. The molecule has 2 heterocycles. The number of amides is 1. The monoisotopic (exact) mass is 241 g/mol. The van der Waals surface area contributed by atoms with Gasteiger partial charge in [0, 0.05) is 26.1 Å². The van der Waals surface area contributed by atoms with Crippen LogP contribution in [0.1, 0.15) is 39.0 Å². The molecule has 2 aliphatic rings. The Bertz CT molecular complexity index is 209. The van der Waals surface area contributed by atoms with Crippen molar-refractivity contribution in [1.29, 1.82) is 0 Å². The Kier molecular flexibility index (Phi) is 6.52. The van der Waals surface area contributed by atoms with E-state index in [2.05, 4.69) is 11.9 Å². The maximum atomic E-state index is 10.7. The molecule has 2 N–H and O–H groups in total. The average molecular weight is 241 g/mol. The van der Waals surface area contributed by atoms with Crippen LogP contribution < -0.4 is 5.73 Å². The van der Waals surface area contributed by atoms with Crippen LogP contribution in [-0.2, 0) is 4.79 Å². The van der Waals surface area contributed by atoms with Gasteiger partial charge in [-0.15, -0.1) is 0 Å². The summed E-state index contributed by atoms with van der Waals surface area (Å²) in [6.07, 6.45) is 6.04. The average Bonchev–Trinajstić information content (AvgIpc) is 2.35. The van der Waals surface area contributed by atoms with E-state index in [0.29, 0.717) is 6.04 Å². The summed E-state index contributed by atoms with van der Waals surface area (Å²) in [5.74, 6) is 0.231. The number of likely N-dealkylation sites (tertiary alicyclic amines) is 2. The normalized spacial score (nSPS) is 22.9. The van der Waals surface area contributed by atoms with Gasteiger partial charge in [-0.2, -0.15) is 0 Å². The largest absolute Gasteiger partial charge is 0.343 e. The summed E-state index contributed by atoms with van der Waals surface area (Å²) in [6, 6.07) is 0.478. The van der Waals surface area contributed by atoms with Crippen LogP contribution in [0.4, 0.5) is 0 Å². The Morgan fingerprint density at radius 2 is 1.59 bits per heavy atom. The number of nitrogens with zero attached hydrogens (tertiary/aromatic N) is 2. The summed E-state index contributed by atoms with van der Waals surface area (Å²) in [5.41, 5.74) is 5.67. The fraction of sp³-hybridized carbons (Fsp3) is 0.923. The predicted octanol–water partition coefficient (Wildman–Crippen LogP) is 1.06. The van der Waals surface area contributed by atoms with Crippen molar-refractivity contribution in [2.75, 3.05) is 33.2 Å². The molecule has 2 fully saturated rings. The quantitative estimate of drug-likeness (QED) is 0.690. The second-order valence-electron chi connectivity index (χ2n) is 5.21. The summed E-state index contributed by atoms with van der Waals surface area (Å²) in [4.78, 5) is 15.0. The molecule has 0 spiro atoms. The first-order valence-electron chi connectivity index (χ1n) is 6.79. The molecule has 4 nitrogen and oxygen atoms in total. The van der Waals surface area contributed by atoms with Crippen molar-refractivity contribution >= 4 is 5.91 Å². The van der Waals surface area contributed by atoms with Gasteiger partial charge >= 0.3 is 0 Å². The summed E-state index contributed by atoms with van der Waals surface area (Å²) in [7, 11) is 2.14. The fourth-order valence-corrected chi connectivity index (χ4v) is 2.24. The molecule has 2 aliphatic heterocycles. The van der Waals surface area contributed by atoms with E-state index in [1.54, 1.807) is 6.92 Å². The minimum Gasteiger partial charge on any atom is -0.343 e. The lowest BCUT2D eigenvalue weighted by Gasteiger charge is -2.25. The van der Waals surface area contributed by atoms with Crippen molar-refractivity contribution in [2.45, 2.75) is 45.1 Å². The van der Waals surface area contributed by atoms with E-state index < -0.39 is 0 Å². The fourth-order valence-electron chi connectivity index (χ4n) is 2.24. The number of carbonyl (C=O) groups is 1. The smallest absolute Gasteiger partial charge is 0.219 e. The molecule has 0 atom stereocenters. The Balaban J connectivity index is 0.000000171. The van der Waals surface area contributed by atoms with Crippen molar-refractivity contribution in [3.8, 4) is 0 Å². The molecule has 17 heavy (non-hydrogen) atoms. The second-order valence-corrected chi connectivity index (χ2v) is 5.21. The van der Waals surface area contributed by atoms with E-state index in [4.69, 9.17) is 5.73 Å². The number of nitrogens with two attached hydrogens (primary N) is 1. The zero-order chi connectivity index (χ0) is 12.7. The van der Waals surface area contributed by atoms with E-state index in [0.717, 1.165) is 13.1 Å². The zero-order valence-electron chi connectivity index (χ0n) is 11.3. The Morgan fingerprint density at radius 3 is 1.94 bits per heavy atom. The molecule has 0 unspecified atom stereocenters. The molecule has 0 aromatic rings. The third kappa shape index (κ3) is 6.03. The van der Waals surface area contributed by atoms with Crippen molar-refractivity contribution in [3.05, 3.63) is 0 Å². The minimum atomic E-state index is 0.231. The number of hydrogen-bond donors (Lipinski definition) is 1. The number of carbonyl (C=O) groups excluding carboxylic acids is 1. The van der Waals surface area contributed by atoms with Crippen LogP contribution in [0.15, 0.2) is 0 Å². The highest BCUT2D eigenvalue weighted by molar-refractivity contribution is 5.73. The number of hydrogen-bond acceptors (Lipinski definition) is 3. The van der Waals surface area contributed by atoms with Gasteiger partial charge in [0.25, 0.3) is 0 Å². The predicted molar refractivity (Wildman–Crippen MR) is 70.8 cm³/mol. The zero-order valence-corrected chi connectivity index (χ0v) is 11.3. The van der Waals surface area contributed by atoms with Crippen LogP contribution in [0, 0.1) is 0 Å². The van der Waals surface area contributed by atoms with Gasteiger partial charge in [-0.05, 0) is 52.2 Å². The number of piperidine rings is 2.